The Labute approximate surface area is 164 Å². The fraction of sp³-hybridized carbons (Fsp3) is 0.304. The average Bonchev–Trinajstić information content (AvgIpc) is 2.70. The van der Waals surface area contributed by atoms with Gasteiger partial charge in [0.05, 0.1) is 0 Å². The second-order valence-electron chi connectivity index (χ2n) is 7.48. The van der Waals surface area contributed by atoms with Crippen LogP contribution in [0.2, 0.25) is 0 Å². The highest BCUT2D eigenvalue weighted by Gasteiger charge is 2.23. The molecule has 1 saturated heterocycles. The van der Waals surface area contributed by atoms with E-state index in [1.54, 1.807) is 12.4 Å². The molecule has 144 valence electrons. The van der Waals surface area contributed by atoms with Crippen LogP contribution in [0.5, 0.6) is 0 Å². The van der Waals surface area contributed by atoms with Crippen LogP contribution in [-0.4, -0.2) is 23.1 Å². The zero-order valence-corrected chi connectivity index (χ0v) is 16.1. The average molecular weight is 379 g/mol. The molecule has 0 bridgehead atoms. The molecular weight excluding hydrogens is 356 g/mol. The van der Waals surface area contributed by atoms with E-state index in [4.69, 9.17) is 0 Å². The van der Waals surface area contributed by atoms with E-state index < -0.39 is 11.6 Å². The standard InChI is InChI=1S/C23H23F2N3/c1-15-11-18(19-4-6-21(24)22(25)13-19)3-5-20(15)17-7-9-28(10-8-17)23-12-16(2)26-14-27-23/h3-6,11-14,17H,7-10H2,1-2H3. The summed E-state index contributed by atoms with van der Waals surface area (Å²) in [4.78, 5) is 10.9. The van der Waals surface area contributed by atoms with Crippen LogP contribution in [0.3, 0.4) is 0 Å². The van der Waals surface area contributed by atoms with Crippen LogP contribution in [0.15, 0.2) is 48.8 Å². The quantitative estimate of drug-likeness (QED) is 0.608. The zero-order chi connectivity index (χ0) is 19.7. The van der Waals surface area contributed by atoms with Crippen molar-refractivity contribution in [2.45, 2.75) is 32.6 Å². The molecule has 0 atom stereocenters. The molecule has 2 aromatic carbocycles. The van der Waals surface area contributed by atoms with E-state index >= 15 is 0 Å². The molecule has 0 amide bonds. The number of aromatic nitrogens is 2. The molecule has 1 aliphatic rings. The largest absolute Gasteiger partial charge is 0.356 e. The van der Waals surface area contributed by atoms with Crippen LogP contribution >= 0.6 is 0 Å². The first-order chi connectivity index (χ1) is 13.5. The van der Waals surface area contributed by atoms with Crippen molar-refractivity contribution in [3.8, 4) is 11.1 Å². The fourth-order valence-electron chi connectivity index (χ4n) is 4.02. The van der Waals surface area contributed by atoms with E-state index in [0.717, 1.165) is 43.0 Å². The summed E-state index contributed by atoms with van der Waals surface area (Å²) in [6.07, 6.45) is 3.75. The predicted octanol–water partition coefficient (Wildman–Crippen LogP) is 5.42. The van der Waals surface area contributed by atoms with Gasteiger partial charge in [0, 0.05) is 24.8 Å². The third-order valence-corrected chi connectivity index (χ3v) is 5.57. The number of hydrogen-bond donors (Lipinski definition) is 0. The smallest absolute Gasteiger partial charge is 0.159 e. The highest BCUT2D eigenvalue weighted by Crippen LogP contribution is 2.34. The molecule has 1 aliphatic heterocycles. The number of benzene rings is 2. The minimum atomic E-state index is -0.817. The molecule has 0 saturated carbocycles. The van der Waals surface area contributed by atoms with E-state index in [9.17, 15) is 8.78 Å². The summed E-state index contributed by atoms with van der Waals surface area (Å²) in [7, 11) is 0. The lowest BCUT2D eigenvalue weighted by Crippen LogP contribution is -2.33. The third-order valence-electron chi connectivity index (χ3n) is 5.57. The molecule has 0 radical (unpaired) electrons. The van der Waals surface area contributed by atoms with Gasteiger partial charge in [-0.1, -0.05) is 24.3 Å². The van der Waals surface area contributed by atoms with Crippen LogP contribution in [0.25, 0.3) is 11.1 Å². The van der Waals surface area contributed by atoms with Gasteiger partial charge in [-0.05, 0) is 67.0 Å². The maximum atomic E-state index is 13.5. The van der Waals surface area contributed by atoms with Crippen molar-refractivity contribution < 1.29 is 8.78 Å². The van der Waals surface area contributed by atoms with Crippen molar-refractivity contribution in [3.05, 3.63) is 77.2 Å². The lowest BCUT2D eigenvalue weighted by Gasteiger charge is -2.33. The van der Waals surface area contributed by atoms with E-state index in [-0.39, 0.29) is 0 Å². The van der Waals surface area contributed by atoms with Gasteiger partial charge in [0.15, 0.2) is 11.6 Å². The molecule has 1 fully saturated rings. The molecule has 0 spiro atoms. The number of nitrogens with zero attached hydrogens (tertiary/aromatic N) is 3. The topological polar surface area (TPSA) is 29.0 Å². The number of piperidine rings is 1. The highest BCUT2D eigenvalue weighted by atomic mass is 19.2. The van der Waals surface area contributed by atoms with Crippen LogP contribution in [0.4, 0.5) is 14.6 Å². The Balaban J connectivity index is 1.49. The second-order valence-corrected chi connectivity index (χ2v) is 7.48. The van der Waals surface area contributed by atoms with Gasteiger partial charge in [-0.15, -0.1) is 0 Å². The van der Waals surface area contributed by atoms with Gasteiger partial charge in [0.2, 0.25) is 0 Å². The van der Waals surface area contributed by atoms with E-state index in [0.29, 0.717) is 11.5 Å². The molecule has 0 unspecified atom stereocenters. The first-order valence-corrected chi connectivity index (χ1v) is 9.61. The van der Waals surface area contributed by atoms with Gasteiger partial charge >= 0.3 is 0 Å². The van der Waals surface area contributed by atoms with E-state index in [1.165, 1.54) is 23.3 Å². The summed E-state index contributed by atoms with van der Waals surface area (Å²) in [6.45, 7) is 6.01. The summed E-state index contributed by atoms with van der Waals surface area (Å²) >= 11 is 0. The van der Waals surface area contributed by atoms with Gasteiger partial charge in [0.1, 0.15) is 12.1 Å². The van der Waals surface area contributed by atoms with Gasteiger partial charge in [0.25, 0.3) is 0 Å². The van der Waals surface area contributed by atoms with Crippen LogP contribution in [-0.2, 0) is 0 Å². The molecule has 28 heavy (non-hydrogen) atoms. The van der Waals surface area contributed by atoms with Crippen LogP contribution in [0, 0.1) is 25.5 Å². The number of rotatable bonds is 3. The molecule has 3 aromatic rings. The number of hydrogen-bond acceptors (Lipinski definition) is 3. The SMILES string of the molecule is Cc1cc(N2CCC(c3ccc(-c4ccc(F)c(F)c4)cc3C)CC2)ncn1. The molecule has 1 aromatic heterocycles. The maximum Gasteiger partial charge on any atom is 0.159 e. The molecule has 0 aliphatic carbocycles. The Morgan fingerprint density at radius 2 is 1.57 bits per heavy atom. The monoisotopic (exact) mass is 379 g/mol. The molecule has 5 heteroatoms. The number of aryl methyl sites for hydroxylation is 2. The Hall–Kier alpha value is -2.82. The fourth-order valence-corrected chi connectivity index (χ4v) is 4.02. The van der Waals surface area contributed by atoms with Crippen molar-refractivity contribution in [2.75, 3.05) is 18.0 Å². The summed E-state index contributed by atoms with van der Waals surface area (Å²) in [5, 5.41) is 0. The van der Waals surface area contributed by atoms with E-state index in [2.05, 4.69) is 33.9 Å². The zero-order valence-electron chi connectivity index (χ0n) is 16.1. The molecule has 3 nitrogen and oxygen atoms in total. The van der Waals surface area contributed by atoms with Crippen molar-refractivity contribution in [1.29, 1.82) is 0 Å². The lowest BCUT2D eigenvalue weighted by molar-refractivity contribution is 0.501. The number of anilines is 1. The summed E-state index contributed by atoms with van der Waals surface area (Å²) in [5.74, 6) is -0.135. The van der Waals surface area contributed by atoms with Gasteiger partial charge in [-0.2, -0.15) is 0 Å². The highest BCUT2D eigenvalue weighted by molar-refractivity contribution is 5.65. The van der Waals surface area contributed by atoms with Gasteiger partial charge < -0.3 is 4.90 Å². The van der Waals surface area contributed by atoms with E-state index in [1.807, 2.05) is 19.1 Å². The summed E-state index contributed by atoms with van der Waals surface area (Å²) < 4.78 is 26.7. The van der Waals surface area contributed by atoms with Gasteiger partial charge in [-0.25, -0.2) is 18.7 Å². The molecule has 4 rings (SSSR count). The predicted molar refractivity (Wildman–Crippen MR) is 107 cm³/mol. The van der Waals surface area contributed by atoms with Crippen molar-refractivity contribution >= 4 is 5.82 Å². The minimum absolute atomic E-state index is 0.498. The Morgan fingerprint density at radius 3 is 2.25 bits per heavy atom. The Morgan fingerprint density at radius 1 is 0.857 bits per heavy atom. The normalized spacial score (nSPS) is 15.1. The third kappa shape index (κ3) is 3.75. The van der Waals surface area contributed by atoms with Crippen LogP contribution < -0.4 is 4.90 Å². The molecular formula is C23H23F2N3. The maximum absolute atomic E-state index is 13.5. The second kappa shape index (κ2) is 7.66. The van der Waals surface area contributed by atoms with Crippen molar-refractivity contribution in [1.82, 2.24) is 9.97 Å². The summed E-state index contributed by atoms with van der Waals surface area (Å²) in [6, 6.07) is 12.3. The van der Waals surface area contributed by atoms with Crippen molar-refractivity contribution in [2.24, 2.45) is 0 Å². The Kier molecular flexibility index (Phi) is 5.07. The first-order valence-electron chi connectivity index (χ1n) is 9.61. The minimum Gasteiger partial charge on any atom is -0.356 e. The first kappa shape index (κ1) is 18.5. The molecule has 0 N–H and O–H groups in total. The molecule has 2 heterocycles. The van der Waals surface area contributed by atoms with Gasteiger partial charge in [-0.3, -0.25) is 0 Å². The Bertz CT molecular complexity index is 995. The van der Waals surface area contributed by atoms with Crippen LogP contribution in [0.1, 0.15) is 35.6 Å². The lowest BCUT2D eigenvalue weighted by atomic mass is 9.85. The van der Waals surface area contributed by atoms with Crippen molar-refractivity contribution in [3.63, 3.8) is 0 Å². The number of halogens is 2. The summed E-state index contributed by atoms with van der Waals surface area (Å²) in [5.41, 5.74) is 5.12.